The van der Waals surface area contributed by atoms with Crippen LogP contribution in [0.5, 0.6) is 0 Å². The molecule has 1 aromatic heterocycles. The third kappa shape index (κ3) is 3.66. The van der Waals surface area contributed by atoms with Gasteiger partial charge < -0.3 is 11.1 Å². The molecule has 0 aromatic carbocycles. The fourth-order valence-electron chi connectivity index (χ4n) is 2.50. The van der Waals surface area contributed by atoms with Crippen LogP contribution in [-0.2, 0) is 0 Å². The maximum Gasteiger partial charge on any atom is 0.254 e. The summed E-state index contributed by atoms with van der Waals surface area (Å²) in [4.78, 5) is 15.7. The number of pyridine rings is 1. The van der Waals surface area contributed by atoms with E-state index >= 15 is 0 Å². The zero-order chi connectivity index (χ0) is 13.7. The first-order chi connectivity index (χ1) is 9.18. The van der Waals surface area contributed by atoms with Gasteiger partial charge in [0.25, 0.3) is 5.91 Å². The Hall–Kier alpha value is -1.65. The number of anilines is 1. The van der Waals surface area contributed by atoms with E-state index in [4.69, 9.17) is 5.73 Å². The summed E-state index contributed by atoms with van der Waals surface area (Å²) in [6.07, 6.45) is 9.22. The zero-order valence-electron chi connectivity index (χ0n) is 11.0. The normalized spacial score (nSPS) is 17.5. The number of carbonyl (C=O) groups is 1. The van der Waals surface area contributed by atoms with E-state index in [2.05, 4.69) is 10.3 Å². The largest absolute Gasteiger partial charge is 0.381 e. The number of hydrogen-bond acceptors (Lipinski definition) is 3. The van der Waals surface area contributed by atoms with Crippen molar-refractivity contribution in [1.29, 1.82) is 0 Å². The molecule has 0 aliphatic heterocycles. The number of nitrogens with two attached hydrogens (primary N) is 1. The summed E-state index contributed by atoms with van der Waals surface area (Å²) >= 11 is 0. The molecule has 0 saturated heterocycles. The SMILES string of the molecule is Nc1nccc(C(=O)NC2CCCCCCC2)c1F. The molecular weight excluding hydrogens is 245 g/mol. The van der Waals surface area contributed by atoms with Gasteiger partial charge in [0.2, 0.25) is 0 Å². The van der Waals surface area contributed by atoms with Crippen LogP contribution in [0.1, 0.15) is 55.3 Å². The lowest BCUT2D eigenvalue weighted by atomic mass is 9.96. The molecule has 0 atom stereocenters. The average molecular weight is 265 g/mol. The maximum absolute atomic E-state index is 13.7. The van der Waals surface area contributed by atoms with Crippen molar-refractivity contribution in [3.05, 3.63) is 23.6 Å². The van der Waals surface area contributed by atoms with Crippen molar-refractivity contribution in [3.8, 4) is 0 Å². The van der Waals surface area contributed by atoms with E-state index in [1.165, 1.54) is 31.5 Å². The van der Waals surface area contributed by atoms with E-state index in [9.17, 15) is 9.18 Å². The van der Waals surface area contributed by atoms with E-state index in [0.29, 0.717) is 0 Å². The second-order valence-corrected chi connectivity index (χ2v) is 5.07. The minimum absolute atomic E-state index is 0.0189. The second-order valence-electron chi connectivity index (χ2n) is 5.07. The summed E-state index contributed by atoms with van der Waals surface area (Å²) in [7, 11) is 0. The predicted octanol–water partition coefficient (Wildman–Crippen LogP) is 2.65. The maximum atomic E-state index is 13.7. The first-order valence-electron chi connectivity index (χ1n) is 6.89. The Balaban J connectivity index is 2.01. The smallest absolute Gasteiger partial charge is 0.254 e. The Morgan fingerprint density at radius 3 is 2.58 bits per heavy atom. The van der Waals surface area contributed by atoms with Crippen molar-refractivity contribution in [1.82, 2.24) is 10.3 Å². The Bertz CT molecular complexity index is 442. The number of nitrogens with zero attached hydrogens (tertiary/aromatic N) is 1. The molecule has 1 amide bonds. The van der Waals surface area contributed by atoms with Crippen molar-refractivity contribution >= 4 is 11.7 Å². The minimum Gasteiger partial charge on any atom is -0.381 e. The molecule has 1 heterocycles. The summed E-state index contributed by atoms with van der Waals surface area (Å²) < 4.78 is 13.7. The van der Waals surface area contributed by atoms with Crippen LogP contribution in [0, 0.1) is 5.82 Å². The van der Waals surface area contributed by atoms with Crippen molar-refractivity contribution in [2.75, 3.05) is 5.73 Å². The number of aromatic nitrogens is 1. The molecule has 3 N–H and O–H groups in total. The Kier molecular flexibility index (Phi) is 4.71. The van der Waals surface area contributed by atoms with Crippen LogP contribution in [0.3, 0.4) is 0 Å². The number of nitrogens with one attached hydrogen (secondary N) is 1. The third-order valence-corrected chi connectivity index (χ3v) is 3.60. The Morgan fingerprint density at radius 1 is 1.26 bits per heavy atom. The quantitative estimate of drug-likeness (QED) is 0.863. The van der Waals surface area contributed by atoms with Crippen molar-refractivity contribution < 1.29 is 9.18 Å². The molecule has 0 bridgehead atoms. The van der Waals surface area contributed by atoms with Gasteiger partial charge in [0.05, 0.1) is 5.56 Å². The lowest BCUT2D eigenvalue weighted by Gasteiger charge is -2.21. The van der Waals surface area contributed by atoms with Gasteiger partial charge >= 0.3 is 0 Å². The van der Waals surface area contributed by atoms with Gasteiger partial charge in [0.15, 0.2) is 11.6 Å². The van der Waals surface area contributed by atoms with E-state index in [-0.39, 0.29) is 17.4 Å². The van der Waals surface area contributed by atoms with E-state index in [1.807, 2.05) is 0 Å². The molecule has 1 aromatic rings. The summed E-state index contributed by atoms with van der Waals surface area (Å²) in [6.45, 7) is 0. The minimum atomic E-state index is -0.731. The topological polar surface area (TPSA) is 68.0 Å². The molecular formula is C14H20FN3O. The highest BCUT2D eigenvalue weighted by Crippen LogP contribution is 2.18. The van der Waals surface area contributed by atoms with Crippen LogP contribution in [0.25, 0.3) is 0 Å². The molecule has 0 radical (unpaired) electrons. The van der Waals surface area contributed by atoms with Crippen LogP contribution >= 0.6 is 0 Å². The van der Waals surface area contributed by atoms with Gasteiger partial charge in [-0.15, -0.1) is 0 Å². The molecule has 19 heavy (non-hydrogen) atoms. The highest BCUT2D eigenvalue weighted by Gasteiger charge is 2.18. The third-order valence-electron chi connectivity index (χ3n) is 3.60. The Morgan fingerprint density at radius 2 is 1.89 bits per heavy atom. The lowest BCUT2D eigenvalue weighted by molar-refractivity contribution is 0.0926. The fourth-order valence-corrected chi connectivity index (χ4v) is 2.50. The second kappa shape index (κ2) is 6.50. The van der Waals surface area contributed by atoms with Crippen LogP contribution in [0.4, 0.5) is 10.2 Å². The van der Waals surface area contributed by atoms with E-state index in [0.717, 1.165) is 25.7 Å². The van der Waals surface area contributed by atoms with Gasteiger partial charge in [-0.05, 0) is 18.9 Å². The highest BCUT2D eigenvalue weighted by molar-refractivity contribution is 5.95. The molecule has 0 unspecified atom stereocenters. The molecule has 1 aliphatic rings. The van der Waals surface area contributed by atoms with Crippen LogP contribution in [-0.4, -0.2) is 16.9 Å². The standard InChI is InChI=1S/C14H20FN3O/c15-12-11(8-9-17-13(12)16)14(19)18-10-6-4-2-1-3-5-7-10/h8-10H,1-7H2,(H2,16,17)(H,18,19). The van der Waals surface area contributed by atoms with Gasteiger partial charge in [0, 0.05) is 12.2 Å². The van der Waals surface area contributed by atoms with Gasteiger partial charge in [-0.2, -0.15) is 0 Å². The first-order valence-corrected chi connectivity index (χ1v) is 6.89. The Labute approximate surface area is 112 Å². The summed E-state index contributed by atoms with van der Waals surface area (Å²) in [6, 6.07) is 1.51. The highest BCUT2D eigenvalue weighted by atomic mass is 19.1. The number of hydrogen-bond donors (Lipinski definition) is 2. The average Bonchev–Trinajstić information content (AvgIpc) is 2.35. The van der Waals surface area contributed by atoms with Gasteiger partial charge in [-0.25, -0.2) is 9.37 Å². The molecule has 5 heteroatoms. The van der Waals surface area contributed by atoms with Crippen molar-refractivity contribution in [2.45, 2.75) is 51.0 Å². The molecule has 104 valence electrons. The molecule has 1 fully saturated rings. The van der Waals surface area contributed by atoms with Crippen molar-refractivity contribution in [2.24, 2.45) is 0 Å². The monoisotopic (exact) mass is 265 g/mol. The summed E-state index contributed by atoms with van der Waals surface area (Å²) in [5, 5.41) is 2.91. The summed E-state index contributed by atoms with van der Waals surface area (Å²) in [5.74, 6) is -1.35. The van der Waals surface area contributed by atoms with Crippen LogP contribution < -0.4 is 11.1 Å². The molecule has 1 saturated carbocycles. The summed E-state index contributed by atoms with van der Waals surface area (Å²) in [5.41, 5.74) is 5.35. The number of nitrogen functional groups attached to an aromatic ring is 1. The number of amides is 1. The van der Waals surface area contributed by atoms with Gasteiger partial charge in [-0.3, -0.25) is 4.79 Å². The number of carbonyl (C=O) groups excluding carboxylic acids is 1. The van der Waals surface area contributed by atoms with Gasteiger partial charge in [0.1, 0.15) is 0 Å². The number of rotatable bonds is 2. The lowest BCUT2D eigenvalue weighted by Crippen LogP contribution is -2.35. The van der Waals surface area contributed by atoms with Crippen LogP contribution in [0.2, 0.25) is 0 Å². The van der Waals surface area contributed by atoms with Gasteiger partial charge in [-0.1, -0.05) is 32.1 Å². The molecule has 2 rings (SSSR count). The zero-order valence-corrected chi connectivity index (χ0v) is 11.0. The molecule has 1 aliphatic carbocycles. The number of halogens is 1. The predicted molar refractivity (Wildman–Crippen MR) is 72.2 cm³/mol. The molecule has 0 spiro atoms. The fraction of sp³-hybridized carbons (Fsp3) is 0.571. The molecule has 4 nitrogen and oxygen atoms in total. The van der Waals surface area contributed by atoms with Crippen LogP contribution in [0.15, 0.2) is 12.3 Å². The van der Waals surface area contributed by atoms with E-state index in [1.54, 1.807) is 0 Å². The first kappa shape index (κ1) is 13.8. The van der Waals surface area contributed by atoms with Crippen molar-refractivity contribution in [3.63, 3.8) is 0 Å². The van der Waals surface area contributed by atoms with E-state index < -0.39 is 11.7 Å².